The highest BCUT2D eigenvalue weighted by molar-refractivity contribution is 6.22. The number of fused-ring (bicyclic) bond motifs is 6. The summed E-state index contributed by atoms with van der Waals surface area (Å²) in [6.45, 7) is 18.8. The van der Waals surface area contributed by atoms with E-state index in [2.05, 4.69) is 108 Å². The molecule has 0 radical (unpaired) electrons. The summed E-state index contributed by atoms with van der Waals surface area (Å²) >= 11 is 0. The number of nitrogens with one attached hydrogen (secondary N) is 2. The van der Waals surface area contributed by atoms with E-state index in [0.717, 1.165) is 66.3 Å². The Kier molecular flexibility index (Phi) is 6.92. The van der Waals surface area contributed by atoms with Crippen molar-refractivity contribution >= 4 is 23.6 Å². The molecule has 4 aliphatic heterocycles. The predicted molar refractivity (Wildman–Crippen MR) is 163 cm³/mol. The summed E-state index contributed by atoms with van der Waals surface area (Å²) in [4.78, 5) is 14.3. The van der Waals surface area contributed by atoms with E-state index in [4.69, 9.17) is 9.98 Å². The molecule has 4 nitrogen and oxygen atoms in total. The molecule has 0 fully saturated rings. The van der Waals surface area contributed by atoms with Crippen molar-refractivity contribution in [3.8, 4) is 0 Å². The molecule has 4 unspecified atom stereocenters. The molecule has 4 heteroatoms. The van der Waals surface area contributed by atoms with Gasteiger partial charge in [-0.05, 0) is 106 Å². The first-order valence-corrected chi connectivity index (χ1v) is 14.8. The summed E-state index contributed by atoms with van der Waals surface area (Å²) in [6, 6.07) is 4.31. The topological polar surface area (TPSA) is 52.5 Å². The molecule has 4 aliphatic rings. The van der Waals surface area contributed by atoms with Crippen molar-refractivity contribution in [3.05, 3.63) is 69.0 Å². The molecule has 0 aromatic carbocycles. The number of nitrogens with zero attached hydrogens (tertiary/aromatic N) is 2. The SMILES string of the molecule is CCCC1=C(C)C2(CC)N=C1/C=c1/cc/c([nH]1)=C/C1=NC(=C\C3(C)NC(CCC)(C(C)=C3CC)C2C)/C=C1. The largest absolute Gasteiger partial charge is 0.355 e. The fourth-order valence-corrected chi connectivity index (χ4v) is 8.08. The predicted octanol–water partition coefficient (Wildman–Crippen LogP) is 6.47. The van der Waals surface area contributed by atoms with Gasteiger partial charge in [0.05, 0.1) is 28.2 Å². The van der Waals surface area contributed by atoms with Gasteiger partial charge in [0.1, 0.15) is 0 Å². The van der Waals surface area contributed by atoms with Crippen LogP contribution in [0.5, 0.6) is 0 Å². The molecule has 0 saturated carbocycles. The van der Waals surface area contributed by atoms with Gasteiger partial charge in [-0.25, -0.2) is 4.99 Å². The van der Waals surface area contributed by atoms with Crippen LogP contribution in [-0.2, 0) is 0 Å². The molecule has 5 heterocycles. The lowest BCUT2D eigenvalue weighted by Crippen LogP contribution is -2.60. The molecule has 2 N–H and O–H groups in total. The first-order valence-electron chi connectivity index (χ1n) is 14.8. The minimum absolute atomic E-state index is 0.142. The number of aromatic amines is 1. The van der Waals surface area contributed by atoms with E-state index in [1.807, 2.05) is 0 Å². The van der Waals surface area contributed by atoms with Crippen LogP contribution < -0.4 is 16.0 Å². The second-order valence-electron chi connectivity index (χ2n) is 12.0. The van der Waals surface area contributed by atoms with Crippen LogP contribution in [-0.4, -0.2) is 33.0 Å². The molecule has 1 aromatic heterocycles. The van der Waals surface area contributed by atoms with Crippen LogP contribution >= 0.6 is 0 Å². The summed E-state index contributed by atoms with van der Waals surface area (Å²) in [7, 11) is 0. The molecule has 0 amide bonds. The highest BCUT2D eigenvalue weighted by Gasteiger charge is 2.57. The summed E-state index contributed by atoms with van der Waals surface area (Å²) in [5, 5.41) is 6.45. The molecule has 38 heavy (non-hydrogen) atoms. The Hall–Kier alpha value is -2.72. The van der Waals surface area contributed by atoms with Crippen molar-refractivity contribution in [2.75, 3.05) is 0 Å². The van der Waals surface area contributed by atoms with Gasteiger partial charge in [-0.1, -0.05) is 53.0 Å². The van der Waals surface area contributed by atoms with Crippen molar-refractivity contribution in [2.45, 2.75) is 111 Å². The van der Waals surface area contributed by atoms with Crippen molar-refractivity contribution in [1.29, 1.82) is 0 Å². The lowest BCUT2D eigenvalue weighted by molar-refractivity contribution is 0.167. The third-order valence-corrected chi connectivity index (χ3v) is 9.90. The quantitative estimate of drug-likeness (QED) is 0.424. The molecule has 202 valence electrons. The monoisotopic (exact) mass is 510 g/mol. The summed E-state index contributed by atoms with van der Waals surface area (Å²) in [6.07, 6.45) is 17.5. The highest BCUT2D eigenvalue weighted by atomic mass is 15.1. The van der Waals surface area contributed by atoms with Gasteiger partial charge in [0.25, 0.3) is 0 Å². The Balaban J connectivity index is 1.84. The number of aromatic nitrogens is 1. The molecule has 5 rings (SSSR count). The number of hydrogen-bond acceptors (Lipinski definition) is 3. The van der Waals surface area contributed by atoms with Gasteiger partial charge in [0.2, 0.25) is 0 Å². The lowest BCUT2D eigenvalue weighted by atomic mass is 9.64. The Labute approximate surface area is 229 Å². The van der Waals surface area contributed by atoms with Crippen molar-refractivity contribution < 1.29 is 0 Å². The fourth-order valence-electron chi connectivity index (χ4n) is 8.08. The second-order valence-corrected chi connectivity index (χ2v) is 12.0. The summed E-state index contributed by atoms with van der Waals surface area (Å²) in [5.74, 6) is 0.290. The normalized spacial score (nSPS) is 35.5. The van der Waals surface area contributed by atoms with Crippen LogP contribution in [0.3, 0.4) is 0 Å². The third-order valence-electron chi connectivity index (χ3n) is 9.90. The molecule has 0 saturated heterocycles. The molecular weight excluding hydrogens is 464 g/mol. The maximum absolute atomic E-state index is 5.70. The van der Waals surface area contributed by atoms with Gasteiger partial charge in [0.15, 0.2) is 0 Å². The minimum Gasteiger partial charge on any atom is -0.355 e. The Bertz CT molecular complexity index is 1440. The molecule has 4 atom stereocenters. The molecule has 8 bridgehead atoms. The number of aliphatic imine (C=N–C) groups is 2. The summed E-state index contributed by atoms with van der Waals surface area (Å²) in [5.41, 5.74) is 8.44. The van der Waals surface area contributed by atoms with E-state index in [9.17, 15) is 0 Å². The average Bonchev–Trinajstić information content (AvgIpc) is 3.62. The lowest BCUT2D eigenvalue weighted by Gasteiger charge is -2.48. The van der Waals surface area contributed by atoms with Gasteiger partial charge in [0, 0.05) is 22.2 Å². The smallest absolute Gasteiger partial charge is 0.0871 e. The van der Waals surface area contributed by atoms with Crippen LogP contribution in [0.4, 0.5) is 0 Å². The van der Waals surface area contributed by atoms with E-state index in [1.165, 1.54) is 22.3 Å². The Morgan fingerprint density at radius 3 is 2.34 bits per heavy atom. The Morgan fingerprint density at radius 1 is 0.947 bits per heavy atom. The van der Waals surface area contributed by atoms with Crippen molar-refractivity contribution in [3.63, 3.8) is 0 Å². The van der Waals surface area contributed by atoms with Gasteiger partial charge >= 0.3 is 0 Å². The molecular formula is C34H46N4. The zero-order chi connectivity index (χ0) is 27.3. The van der Waals surface area contributed by atoms with E-state index >= 15 is 0 Å². The minimum atomic E-state index is -0.256. The number of hydrogen-bond donors (Lipinski definition) is 2. The maximum Gasteiger partial charge on any atom is 0.0871 e. The van der Waals surface area contributed by atoms with Crippen LogP contribution in [0.2, 0.25) is 0 Å². The van der Waals surface area contributed by atoms with Gasteiger partial charge in [-0.15, -0.1) is 0 Å². The molecule has 0 spiro atoms. The zero-order valence-corrected chi connectivity index (χ0v) is 24.8. The van der Waals surface area contributed by atoms with Gasteiger partial charge in [-0.2, -0.15) is 0 Å². The fraction of sp³-hybridized carbons (Fsp3) is 0.529. The maximum atomic E-state index is 5.70. The molecule has 1 aromatic rings. The first-order chi connectivity index (χ1) is 18.2. The van der Waals surface area contributed by atoms with Gasteiger partial charge in [-0.3, -0.25) is 10.3 Å². The van der Waals surface area contributed by atoms with Crippen LogP contribution in [0.1, 0.15) is 93.9 Å². The number of rotatable bonds is 6. The van der Waals surface area contributed by atoms with E-state index in [0.29, 0.717) is 0 Å². The standard InChI is InChI=1S/C34H46N4/c1-9-13-29-22(5)33(12-4)24(7)34(18-10-2)23(6)30(11-3)32(8,38-34)21-28-17-16-26(36-28)19-25-14-15-27(35-25)20-31(29)37-33/h14-17,19-21,24,35,38H,9-13,18H2,1-8H3/b25-19-,27-20-,28-21-. The van der Waals surface area contributed by atoms with Gasteiger partial charge < -0.3 is 4.98 Å². The van der Waals surface area contributed by atoms with Crippen molar-refractivity contribution in [2.24, 2.45) is 15.9 Å². The van der Waals surface area contributed by atoms with Crippen LogP contribution in [0, 0.1) is 5.92 Å². The second kappa shape index (κ2) is 9.79. The van der Waals surface area contributed by atoms with Crippen LogP contribution in [0.25, 0.3) is 12.2 Å². The third kappa shape index (κ3) is 3.99. The van der Waals surface area contributed by atoms with Crippen LogP contribution in [0.15, 0.2) is 68.3 Å². The number of H-pyrrole nitrogens is 1. The molecule has 0 aliphatic carbocycles. The first kappa shape index (κ1) is 26.9. The highest BCUT2D eigenvalue weighted by Crippen LogP contribution is 2.53. The van der Waals surface area contributed by atoms with E-state index < -0.39 is 0 Å². The van der Waals surface area contributed by atoms with E-state index in [-0.39, 0.29) is 22.5 Å². The zero-order valence-electron chi connectivity index (χ0n) is 24.8. The number of allylic oxidation sites excluding steroid dienone is 3. The van der Waals surface area contributed by atoms with Crippen molar-refractivity contribution in [1.82, 2.24) is 10.3 Å². The van der Waals surface area contributed by atoms with E-state index in [1.54, 1.807) is 0 Å². The summed E-state index contributed by atoms with van der Waals surface area (Å²) < 4.78 is 0. The average molecular weight is 511 g/mol. The Morgan fingerprint density at radius 2 is 1.68 bits per heavy atom.